The molecule has 0 spiro atoms. The molecule has 1 aliphatic rings. The molecule has 2 nitrogen and oxygen atoms in total. The molecule has 0 amide bonds. The molecule has 10 aromatic carbocycles. The smallest absolute Gasteiger partial charge is 0.0618 e. The fraction of sp³-hybridized carbons (Fsp3) is 0.0508. The van der Waals surface area contributed by atoms with Crippen molar-refractivity contribution < 1.29 is 0 Å². The maximum Gasteiger partial charge on any atom is 0.0618 e. The first kappa shape index (κ1) is 36.4. The van der Waals surface area contributed by atoms with E-state index in [4.69, 9.17) is 0 Å². The van der Waals surface area contributed by atoms with Crippen molar-refractivity contribution in [2.75, 3.05) is 9.80 Å². The van der Waals surface area contributed by atoms with Gasteiger partial charge in [0.2, 0.25) is 0 Å². The summed E-state index contributed by atoms with van der Waals surface area (Å²) in [5.74, 6) is 0. The SMILES string of the molecule is CC1(C)c2ccccc2N(c2c(-c3cccc4ccccc34)ccc3ccccc23)c2cc(N(c3ccc(-c4ccccc4)cc3)c3ccccc3-c3ccccc3)ccc21. The fourth-order valence-electron chi connectivity index (χ4n) is 9.65. The molecule has 1 aliphatic heterocycles. The molecule has 0 fully saturated rings. The molecule has 0 aromatic heterocycles. The fourth-order valence-corrected chi connectivity index (χ4v) is 9.65. The molecule has 10 aromatic rings. The Morgan fingerprint density at radius 3 is 1.70 bits per heavy atom. The zero-order valence-corrected chi connectivity index (χ0v) is 34.3. The van der Waals surface area contributed by atoms with Crippen molar-refractivity contribution in [3.8, 4) is 33.4 Å². The lowest BCUT2D eigenvalue weighted by Gasteiger charge is -2.43. The van der Waals surface area contributed by atoms with Crippen LogP contribution in [-0.2, 0) is 5.41 Å². The van der Waals surface area contributed by atoms with Crippen LogP contribution in [0.15, 0.2) is 231 Å². The van der Waals surface area contributed by atoms with Gasteiger partial charge >= 0.3 is 0 Å². The van der Waals surface area contributed by atoms with E-state index in [1.807, 2.05) is 0 Å². The van der Waals surface area contributed by atoms with Crippen LogP contribution in [0.25, 0.3) is 54.9 Å². The van der Waals surface area contributed by atoms with Crippen molar-refractivity contribution in [2.24, 2.45) is 0 Å². The van der Waals surface area contributed by atoms with Gasteiger partial charge in [0, 0.05) is 33.3 Å². The number of rotatable bonds is 7. The number of para-hydroxylation sites is 2. The van der Waals surface area contributed by atoms with Gasteiger partial charge in [-0.25, -0.2) is 0 Å². The normalized spacial score (nSPS) is 12.9. The van der Waals surface area contributed by atoms with E-state index in [9.17, 15) is 0 Å². The summed E-state index contributed by atoms with van der Waals surface area (Å²) in [6.07, 6.45) is 0. The highest BCUT2D eigenvalue weighted by atomic mass is 15.2. The van der Waals surface area contributed by atoms with Crippen LogP contribution in [-0.4, -0.2) is 0 Å². The van der Waals surface area contributed by atoms with E-state index in [1.165, 1.54) is 83.1 Å². The van der Waals surface area contributed by atoms with Gasteiger partial charge in [-0.15, -0.1) is 0 Å². The van der Waals surface area contributed by atoms with Gasteiger partial charge in [0.05, 0.1) is 22.7 Å². The van der Waals surface area contributed by atoms with Crippen molar-refractivity contribution >= 4 is 55.7 Å². The van der Waals surface area contributed by atoms with E-state index in [0.717, 1.165) is 17.1 Å². The zero-order valence-electron chi connectivity index (χ0n) is 34.3. The van der Waals surface area contributed by atoms with E-state index in [-0.39, 0.29) is 5.41 Å². The minimum absolute atomic E-state index is 0.269. The highest BCUT2D eigenvalue weighted by Gasteiger charge is 2.38. The van der Waals surface area contributed by atoms with Crippen LogP contribution in [0.4, 0.5) is 34.1 Å². The van der Waals surface area contributed by atoms with Crippen molar-refractivity contribution in [1.82, 2.24) is 0 Å². The Balaban J connectivity index is 1.19. The van der Waals surface area contributed by atoms with Gasteiger partial charge in [0.15, 0.2) is 0 Å². The Morgan fingerprint density at radius 1 is 0.361 bits per heavy atom. The highest BCUT2D eigenvalue weighted by Crippen LogP contribution is 2.56. The summed E-state index contributed by atoms with van der Waals surface area (Å²) in [6.45, 7) is 4.75. The first-order valence-electron chi connectivity index (χ1n) is 21.2. The van der Waals surface area contributed by atoms with Crippen LogP contribution < -0.4 is 9.80 Å². The van der Waals surface area contributed by atoms with Crippen LogP contribution in [0.3, 0.4) is 0 Å². The minimum Gasteiger partial charge on any atom is -0.310 e. The summed E-state index contributed by atoms with van der Waals surface area (Å²) in [4.78, 5) is 5.01. The van der Waals surface area contributed by atoms with E-state index in [0.29, 0.717) is 0 Å². The van der Waals surface area contributed by atoms with E-state index < -0.39 is 0 Å². The van der Waals surface area contributed by atoms with Gasteiger partial charge in [0.1, 0.15) is 0 Å². The van der Waals surface area contributed by atoms with E-state index >= 15 is 0 Å². The van der Waals surface area contributed by atoms with Crippen molar-refractivity contribution in [1.29, 1.82) is 0 Å². The maximum absolute atomic E-state index is 2.57. The van der Waals surface area contributed by atoms with Crippen LogP contribution >= 0.6 is 0 Å². The monoisotopic (exact) mass is 780 g/mol. The van der Waals surface area contributed by atoms with Gasteiger partial charge in [-0.3, -0.25) is 0 Å². The lowest BCUT2D eigenvalue weighted by Crippen LogP contribution is -2.31. The van der Waals surface area contributed by atoms with Crippen molar-refractivity contribution in [3.63, 3.8) is 0 Å². The second kappa shape index (κ2) is 14.9. The van der Waals surface area contributed by atoms with Crippen LogP contribution in [0.5, 0.6) is 0 Å². The molecule has 0 unspecified atom stereocenters. The zero-order chi connectivity index (χ0) is 40.9. The van der Waals surface area contributed by atoms with Crippen molar-refractivity contribution in [2.45, 2.75) is 19.3 Å². The molecule has 0 N–H and O–H groups in total. The molecule has 0 aliphatic carbocycles. The molecule has 1 heterocycles. The third kappa shape index (κ3) is 6.19. The molecule has 0 saturated carbocycles. The molecule has 61 heavy (non-hydrogen) atoms. The number of hydrogen-bond acceptors (Lipinski definition) is 2. The molecule has 0 radical (unpaired) electrons. The van der Waals surface area contributed by atoms with Gasteiger partial charge in [-0.1, -0.05) is 208 Å². The first-order valence-corrected chi connectivity index (χ1v) is 21.2. The average Bonchev–Trinajstić information content (AvgIpc) is 3.32. The van der Waals surface area contributed by atoms with Gasteiger partial charge < -0.3 is 9.80 Å². The van der Waals surface area contributed by atoms with Crippen LogP contribution in [0.2, 0.25) is 0 Å². The Bertz CT molecular complexity index is 3210. The number of anilines is 6. The predicted molar refractivity (Wildman–Crippen MR) is 259 cm³/mol. The topological polar surface area (TPSA) is 6.48 Å². The molecule has 0 bridgehead atoms. The summed E-state index contributed by atoms with van der Waals surface area (Å²) in [5.41, 5.74) is 16.3. The Labute approximate surface area is 358 Å². The molecule has 0 saturated heterocycles. The molecule has 290 valence electrons. The quantitative estimate of drug-likeness (QED) is 0.159. The largest absolute Gasteiger partial charge is 0.310 e. The van der Waals surface area contributed by atoms with Crippen LogP contribution in [0.1, 0.15) is 25.0 Å². The Hall–Kier alpha value is -7.68. The Morgan fingerprint density at radius 2 is 0.918 bits per heavy atom. The van der Waals surface area contributed by atoms with Crippen molar-refractivity contribution in [3.05, 3.63) is 242 Å². The van der Waals surface area contributed by atoms with Crippen LogP contribution in [0, 0.1) is 0 Å². The number of nitrogens with zero attached hydrogens (tertiary/aromatic N) is 2. The highest BCUT2D eigenvalue weighted by molar-refractivity contribution is 6.11. The van der Waals surface area contributed by atoms with Gasteiger partial charge in [-0.05, 0) is 85.9 Å². The summed E-state index contributed by atoms with van der Waals surface area (Å²) >= 11 is 0. The summed E-state index contributed by atoms with van der Waals surface area (Å²) in [5, 5.41) is 4.89. The molecular formula is C59H44N2. The third-order valence-electron chi connectivity index (χ3n) is 12.6. The second-order valence-electron chi connectivity index (χ2n) is 16.5. The third-order valence-corrected chi connectivity index (χ3v) is 12.6. The molecule has 2 heteroatoms. The molecule has 11 rings (SSSR count). The Kier molecular flexibility index (Phi) is 8.86. The van der Waals surface area contributed by atoms with E-state index in [1.54, 1.807) is 0 Å². The standard InChI is InChI=1S/C59H44N2/c1-59(2)53-29-14-16-31-56(53)61(58-50-27-12-10-23-45(50)34-38-52(58)51-28-17-24-43-22-9-11-25-48(43)51)57-40-47(37-39-54(57)59)60(46-35-32-42(33-36-46)41-18-5-3-6-19-41)55-30-15-13-26-49(55)44-20-7-4-8-21-44/h3-40H,1-2H3. The maximum atomic E-state index is 2.57. The van der Waals surface area contributed by atoms with Gasteiger partial charge in [-0.2, -0.15) is 0 Å². The summed E-state index contributed by atoms with van der Waals surface area (Å²) < 4.78 is 0. The number of hydrogen-bond donors (Lipinski definition) is 0. The molecule has 0 atom stereocenters. The number of fused-ring (bicyclic) bond motifs is 4. The first-order chi connectivity index (χ1) is 30.0. The average molecular weight is 781 g/mol. The number of benzene rings is 10. The lowest BCUT2D eigenvalue weighted by atomic mass is 9.73. The van der Waals surface area contributed by atoms with E-state index in [2.05, 4.69) is 254 Å². The summed E-state index contributed by atoms with van der Waals surface area (Å²) in [6, 6.07) is 84.3. The summed E-state index contributed by atoms with van der Waals surface area (Å²) in [7, 11) is 0. The van der Waals surface area contributed by atoms with Gasteiger partial charge in [0.25, 0.3) is 0 Å². The predicted octanol–water partition coefficient (Wildman–Crippen LogP) is 16.6. The second-order valence-corrected chi connectivity index (χ2v) is 16.5. The lowest BCUT2D eigenvalue weighted by molar-refractivity contribution is 0.632. The minimum atomic E-state index is -0.269. The molecular weight excluding hydrogens is 737 g/mol.